The Bertz CT molecular complexity index is 453. The van der Waals surface area contributed by atoms with E-state index in [9.17, 15) is 14.4 Å². The van der Waals surface area contributed by atoms with E-state index in [0.717, 1.165) is 19.1 Å². The summed E-state index contributed by atoms with van der Waals surface area (Å²) in [7, 11) is 0. The number of esters is 1. The maximum absolute atomic E-state index is 11.7. The van der Waals surface area contributed by atoms with Crippen molar-refractivity contribution in [3.63, 3.8) is 0 Å². The minimum absolute atomic E-state index is 0.0582. The summed E-state index contributed by atoms with van der Waals surface area (Å²) in [6.07, 6.45) is 3.60. The summed E-state index contributed by atoms with van der Waals surface area (Å²) in [6.45, 7) is 0.228. The maximum atomic E-state index is 11.7. The molecule has 0 saturated heterocycles. The number of aldehydes is 1. The fourth-order valence-corrected chi connectivity index (χ4v) is 1.60. The molecule has 1 aromatic carbocycles. The molecule has 19 heavy (non-hydrogen) atoms. The lowest BCUT2D eigenvalue weighted by Crippen LogP contribution is -2.12. The number of carbonyl (C=O) groups is 3. The van der Waals surface area contributed by atoms with Gasteiger partial charge in [-0.1, -0.05) is 12.1 Å². The average molecular weight is 264 g/mol. The van der Waals surface area contributed by atoms with E-state index in [1.165, 1.54) is 12.1 Å². The average Bonchev–Trinajstić information content (AvgIpc) is 2.42. The minimum Gasteiger partial charge on any atom is -0.478 e. The smallest absolute Gasteiger partial charge is 0.339 e. The Morgan fingerprint density at radius 3 is 2.42 bits per heavy atom. The van der Waals surface area contributed by atoms with Crippen LogP contribution in [0.15, 0.2) is 24.3 Å². The molecular formula is C14H16O5. The number of hydrogen-bond acceptors (Lipinski definition) is 4. The molecule has 0 amide bonds. The van der Waals surface area contributed by atoms with Gasteiger partial charge in [0, 0.05) is 6.42 Å². The fourth-order valence-electron chi connectivity index (χ4n) is 1.60. The lowest BCUT2D eigenvalue weighted by atomic mass is 10.1. The van der Waals surface area contributed by atoms with E-state index in [1.807, 2.05) is 0 Å². The summed E-state index contributed by atoms with van der Waals surface area (Å²) in [6, 6.07) is 5.94. The number of carboxylic acid groups (broad SMARTS) is 1. The zero-order valence-electron chi connectivity index (χ0n) is 10.5. The first-order chi connectivity index (χ1) is 9.16. The number of ether oxygens (including phenoxy) is 1. The van der Waals surface area contributed by atoms with Crippen LogP contribution < -0.4 is 0 Å². The second kappa shape index (κ2) is 8.02. The van der Waals surface area contributed by atoms with Gasteiger partial charge in [0.05, 0.1) is 17.7 Å². The van der Waals surface area contributed by atoms with Gasteiger partial charge in [0.1, 0.15) is 6.29 Å². The number of carboxylic acids is 1. The van der Waals surface area contributed by atoms with Crippen LogP contribution in [-0.4, -0.2) is 29.9 Å². The van der Waals surface area contributed by atoms with Gasteiger partial charge in [-0.05, 0) is 31.4 Å². The third-order valence-corrected chi connectivity index (χ3v) is 2.58. The SMILES string of the molecule is O=CCCCCCOC(=O)c1ccccc1C(=O)O. The first-order valence-electron chi connectivity index (χ1n) is 6.10. The molecule has 0 aliphatic carbocycles. The van der Waals surface area contributed by atoms with Gasteiger partial charge < -0.3 is 14.6 Å². The molecule has 1 rings (SSSR count). The van der Waals surface area contributed by atoms with Crippen molar-refractivity contribution in [2.24, 2.45) is 0 Å². The van der Waals surface area contributed by atoms with Crippen molar-refractivity contribution in [2.75, 3.05) is 6.61 Å². The number of benzene rings is 1. The van der Waals surface area contributed by atoms with Crippen molar-refractivity contribution < 1.29 is 24.2 Å². The number of hydrogen-bond donors (Lipinski definition) is 1. The van der Waals surface area contributed by atoms with Crippen molar-refractivity contribution in [1.82, 2.24) is 0 Å². The predicted octanol–water partition coefficient (Wildman–Crippen LogP) is 2.30. The van der Waals surface area contributed by atoms with Crippen molar-refractivity contribution >= 4 is 18.2 Å². The molecule has 0 spiro atoms. The molecule has 0 aliphatic heterocycles. The molecule has 0 aliphatic rings. The highest BCUT2D eigenvalue weighted by Gasteiger charge is 2.16. The Morgan fingerprint density at radius 2 is 1.79 bits per heavy atom. The van der Waals surface area contributed by atoms with Crippen molar-refractivity contribution in [1.29, 1.82) is 0 Å². The van der Waals surface area contributed by atoms with Crippen LogP contribution in [0.2, 0.25) is 0 Å². The number of carbonyl (C=O) groups excluding carboxylic acids is 2. The van der Waals surface area contributed by atoms with Crippen LogP contribution in [0.1, 0.15) is 46.4 Å². The second-order valence-electron chi connectivity index (χ2n) is 4.00. The van der Waals surface area contributed by atoms with E-state index in [-0.39, 0.29) is 17.7 Å². The third kappa shape index (κ3) is 4.91. The van der Waals surface area contributed by atoms with Crippen LogP contribution in [0.25, 0.3) is 0 Å². The van der Waals surface area contributed by atoms with E-state index in [0.29, 0.717) is 12.8 Å². The predicted molar refractivity (Wildman–Crippen MR) is 68.2 cm³/mol. The lowest BCUT2D eigenvalue weighted by molar-refractivity contribution is -0.107. The maximum Gasteiger partial charge on any atom is 0.339 e. The Balaban J connectivity index is 2.45. The summed E-state index contributed by atoms with van der Waals surface area (Å²) < 4.78 is 5.01. The summed E-state index contributed by atoms with van der Waals surface area (Å²) in [5, 5.41) is 8.94. The molecule has 102 valence electrons. The van der Waals surface area contributed by atoms with Gasteiger partial charge in [0.25, 0.3) is 0 Å². The molecule has 0 unspecified atom stereocenters. The summed E-state index contributed by atoms with van der Waals surface area (Å²) in [5.41, 5.74) is -0.00338. The van der Waals surface area contributed by atoms with Gasteiger partial charge in [-0.25, -0.2) is 9.59 Å². The molecular weight excluding hydrogens is 248 g/mol. The standard InChI is InChI=1S/C14H16O5/c15-9-5-1-2-6-10-19-14(18)12-8-4-3-7-11(12)13(16)17/h3-4,7-9H,1-2,5-6,10H2,(H,16,17). The van der Waals surface area contributed by atoms with Crippen molar-refractivity contribution in [2.45, 2.75) is 25.7 Å². The highest BCUT2D eigenvalue weighted by atomic mass is 16.5. The molecule has 0 aromatic heterocycles. The molecule has 0 radical (unpaired) electrons. The molecule has 0 atom stereocenters. The van der Waals surface area contributed by atoms with Crippen LogP contribution in [0.5, 0.6) is 0 Å². The molecule has 0 heterocycles. The number of unbranched alkanes of at least 4 members (excludes halogenated alkanes) is 3. The normalized spacial score (nSPS) is 9.89. The van der Waals surface area contributed by atoms with Crippen LogP contribution >= 0.6 is 0 Å². The van der Waals surface area contributed by atoms with E-state index in [2.05, 4.69) is 0 Å². The largest absolute Gasteiger partial charge is 0.478 e. The quantitative estimate of drug-likeness (QED) is 0.442. The Labute approximate surface area is 111 Å². The van der Waals surface area contributed by atoms with Crippen LogP contribution in [0, 0.1) is 0 Å². The number of aromatic carboxylic acids is 1. The molecule has 0 saturated carbocycles. The van der Waals surface area contributed by atoms with Crippen molar-refractivity contribution in [3.8, 4) is 0 Å². The van der Waals surface area contributed by atoms with Crippen LogP contribution in [0.4, 0.5) is 0 Å². The molecule has 0 fully saturated rings. The Kier molecular flexibility index (Phi) is 6.29. The van der Waals surface area contributed by atoms with Gasteiger partial charge in [-0.15, -0.1) is 0 Å². The zero-order valence-corrected chi connectivity index (χ0v) is 10.5. The first kappa shape index (κ1) is 14.9. The Hall–Kier alpha value is -2.17. The highest BCUT2D eigenvalue weighted by Crippen LogP contribution is 2.11. The molecule has 1 N–H and O–H groups in total. The van der Waals surface area contributed by atoms with Crippen LogP contribution in [-0.2, 0) is 9.53 Å². The van der Waals surface area contributed by atoms with E-state index >= 15 is 0 Å². The third-order valence-electron chi connectivity index (χ3n) is 2.58. The van der Waals surface area contributed by atoms with Gasteiger partial charge >= 0.3 is 11.9 Å². The summed E-state index contributed by atoms with van der Waals surface area (Å²) >= 11 is 0. The second-order valence-corrected chi connectivity index (χ2v) is 4.00. The van der Waals surface area contributed by atoms with Gasteiger partial charge in [-0.2, -0.15) is 0 Å². The Morgan fingerprint density at radius 1 is 1.11 bits per heavy atom. The summed E-state index contributed by atoms with van der Waals surface area (Å²) in [5.74, 6) is -1.79. The van der Waals surface area contributed by atoms with E-state index in [1.54, 1.807) is 12.1 Å². The first-order valence-corrected chi connectivity index (χ1v) is 6.10. The molecule has 0 bridgehead atoms. The van der Waals surface area contributed by atoms with Gasteiger partial charge in [0.15, 0.2) is 0 Å². The zero-order chi connectivity index (χ0) is 14.1. The minimum atomic E-state index is -1.15. The fraction of sp³-hybridized carbons (Fsp3) is 0.357. The number of rotatable bonds is 8. The van der Waals surface area contributed by atoms with Crippen LogP contribution in [0.3, 0.4) is 0 Å². The molecule has 5 nitrogen and oxygen atoms in total. The topological polar surface area (TPSA) is 80.7 Å². The lowest BCUT2D eigenvalue weighted by Gasteiger charge is -2.06. The summed E-state index contributed by atoms with van der Waals surface area (Å²) in [4.78, 5) is 32.7. The monoisotopic (exact) mass is 264 g/mol. The van der Waals surface area contributed by atoms with Crippen molar-refractivity contribution in [3.05, 3.63) is 35.4 Å². The van der Waals surface area contributed by atoms with Gasteiger partial charge in [-0.3, -0.25) is 0 Å². The molecule has 1 aromatic rings. The van der Waals surface area contributed by atoms with Gasteiger partial charge in [0.2, 0.25) is 0 Å². The van der Waals surface area contributed by atoms with E-state index < -0.39 is 11.9 Å². The highest BCUT2D eigenvalue weighted by molar-refractivity contribution is 6.02. The van der Waals surface area contributed by atoms with E-state index in [4.69, 9.17) is 9.84 Å². The molecule has 5 heteroatoms.